The van der Waals surface area contributed by atoms with E-state index in [1.54, 1.807) is 0 Å². The highest BCUT2D eigenvalue weighted by molar-refractivity contribution is 4.74. The lowest BCUT2D eigenvalue weighted by atomic mass is 9.95. The van der Waals surface area contributed by atoms with Crippen LogP contribution < -0.4 is 5.73 Å². The van der Waals surface area contributed by atoms with Crippen molar-refractivity contribution in [2.75, 3.05) is 20.1 Å². The van der Waals surface area contributed by atoms with Crippen LogP contribution in [0.4, 0.5) is 0 Å². The Hall–Kier alpha value is -0.0800. The largest absolute Gasteiger partial charge is 0.329 e. The van der Waals surface area contributed by atoms with Gasteiger partial charge in [-0.1, -0.05) is 34.1 Å². The standard InChI is InChI=1S/C11H26N2/c1-6-7-10(8-12)13(5)9-11(2,3)4/h10H,6-9,12H2,1-5H3. The maximum Gasteiger partial charge on any atom is 0.0215 e. The van der Waals surface area contributed by atoms with Gasteiger partial charge in [0.15, 0.2) is 0 Å². The van der Waals surface area contributed by atoms with E-state index in [1.165, 1.54) is 12.8 Å². The second-order valence-electron chi connectivity index (χ2n) is 5.15. The van der Waals surface area contributed by atoms with Gasteiger partial charge in [-0.3, -0.25) is 0 Å². The van der Waals surface area contributed by atoms with Crippen LogP contribution in [-0.2, 0) is 0 Å². The molecule has 0 aromatic carbocycles. The number of rotatable bonds is 5. The Morgan fingerprint density at radius 3 is 2.15 bits per heavy atom. The first-order valence-corrected chi connectivity index (χ1v) is 5.31. The van der Waals surface area contributed by atoms with Gasteiger partial charge in [0.25, 0.3) is 0 Å². The first-order chi connectivity index (χ1) is 5.90. The smallest absolute Gasteiger partial charge is 0.0215 e. The molecule has 0 radical (unpaired) electrons. The molecule has 13 heavy (non-hydrogen) atoms. The Balaban J connectivity index is 3.97. The quantitative estimate of drug-likeness (QED) is 0.712. The molecule has 0 amide bonds. The van der Waals surface area contributed by atoms with E-state index < -0.39 is 0 Å². The van der Waals surface area contributed by atoms with Crippen LogP contribution >= 0.6 is 0 Å². The van der Waals surface area contributed by atoms with E-state index in [2.05, 4.69) is 39.6 Å². The molecule has 2 heteroatoms. The van der Waals surface area contributed by atoms with Crippen molar-refractivity contribution in [1.29, 1.82) is 0 Å². The summed E-state index contributed by atoms with van der Waals surface area (Å²) in [5.41, 5.74) is 6.11. The van der Waals surface area contributed by atoms with Crippen molar-refractivity contribution in [2.45, 2.75) is 46.6 Å². The molecule has 1 unspecified atom stereocenters. The van der Waals surface area contributed by atoms with Crippen LogP contribution in [0.15, 0.2) is 0 Å². The lowest BCUT2D eigenvalue weighted by Gasteiger charge is -2.32. The molecule has 2 N–H and O–H groups in total. The number of likely N-dealkylation sites (N-methyl/N-ethyl adjacent to an activating group) is 1. The summed E-state index contributed by atoms with van der Waals surface area (Å²) >= 11 is 0. The van der Waals surface area contributed by atoms with Gasteiger partial charge >= 0.3 is 0 Å². The van der Waals surface area contributed by atoms with Gasteiger partial charge in [-0.05, 0) is 18.9 Å². The van der Waals surface area contributed by atoms with E-state index in [0.29, 0.717) is 11.5 Å². The third-order valence-electron chi connectivity index (χ3n) is 2.24. The number of nitrogens with two attached hydrogens (primary N) is 1. The van der Waals surface area contributed by atoms with Crippen molar-refractivity contribution in [3.05, 3.63) is 0 Å². The molecule has 0 bridgehead atoms. The van der Waals surface area contributed by atoms with Gasteiger partial charge in [0.05, 0.1) is 0 Å². The maximum absolute atomic E-state index is 5.74. The first kappa shape index (κ1) is 12.9. The second kappa shape index (κ2) is 5.61. The summed E-state index contributed by atoms with van der Waals surface area (Å²) in [4.78, 5) is 2.39. The molecule has 0 aliphatic heterocycles. The van der Waals surface area contributed by atoms with Gasteiger partial charge < -0.3 is 10.6 Å². The minimum atomic E-state index is 0.371. The van der Waals surface area contributed by atoms with E-state index >= 15 is 0 Å². The highest BCUT2D eigenvalue weighted by Gasteiger charge is 2.18. The van der Waals surface area contributed by atoms with Gasteiger partial charge in [0.1, 0.15) is 0 Å². The SMILES string of the molecule is CCCC(CN)N(C)CC(C)(C)C. The van der Waals surface area contributed by atoms with Crippen molar-refractivity contribution in [1.82, 2.24) is 4.90 Å². The van der Waals surface area contributed by atoms with E-state index in [0.717, 1.165) is 13.1 Å². The zero-order valence-electron chi connectivity index (χ0n) is 9.93. The van der Waals surface area contributed by atoms with Crippen molar-refractivity contribution in [3.63, 3.8) is 0 Å². The number of hydrogen-bond donors (Lipinski definition) is 1. The highest BCUT2D eigenvalue weighted by Crippen LogP contribution is 2.16. The minimum absolute atomic E-state index is 0.371. The maximum atomic E-state index is 5.74. The molecular formula is C11H26N2. The summed E-state index contributed by atoms with van der Waals surface area (Å²) in [5, 5.41) is 0. The van der Waals surface area contributed by atoms with E-state index in [1.807, 2.05) is 0 Å². The topological polar surface area (TPSA) is 29.3 Å². The summed E-state index contributed by atoms with van der Waals surface area (Å²) in [6.07, 6.45) is 2.43. The summed E-state index contributed by atoms with van der Waals surface area (Å²) in [7, 11) is 2.18. The lowest BCUT2D eigenvalue weighted by Crippen LogP contribution is -2.42. The van der Waals surface area contributed by atoms with Crippen LogP contribution in [-0.4, -0.2) is 31.1 Å². The van der Waals surface area contributed by atoms with Gasteiger partial charge in [-0.25, -0.2) is 0 Å². The Morgan fingerprint density at radius 2 is 1.85 bits per heavy atom. The fraction of sp³-hybridized carbons (Fsp3) is 1.00. The molecule has 0 aromatic rings. The van der Waals surface area contributed by atoms with Crippen molar-refractivity contribution >= 4 is 0 Å². The molecule has 0 aromatic heterocycles. The van der Waals surface area contributed by atoms with Gasteiger partial charge in [-0.15, -0.1) is 0 Å². The van der Waals surface area contributed by atoms with Crippen molar-refractivity contribution in [3.8, 4) is 0 Å². The average Bonchev–Trinajstić information content (AvgIpc) is 1.96. The van der Waals surface area contributed by atoms with Crippen LogP contribution in [0.1, 0.15) is 40.5 Å². The van der Waals surface area contributed by atoms with Crippen LogP contribution in [0, 0.1) is 5.41 Å². The Labute approximate surface area is 83.5 Å². The molecule has 0 spiro atoms. The molecule has 0 aliphatic carbocycles. The monoisotopic (exact) mass is 186 g/mol. The van der Waals surface area contributed by atoms with E-state index in [4.69, 9.17) is 5.73 Å². The summed E-state index contributed by atoms with van der Waals surface area (Å²) in [6.45, 7) is 10.9. The Morgan fingerprint density at radius 1 is 1.31 bits per heavy atom. The Kier molecular flexibility index (Phi) is 5.57. The molecule has 0 fully saturated rings. The first-order valence-electron chi connectivity index (χ1n) is 5.31. The van der Waals surface area contributed by atoms with Crippen LogP contribution in [0.3, 0.4) is 0 Å². The second-order valence-corrected chi connectivity index (χ2v) is 5.15. The van der Waals surface area contributed by atoms with Crippen LogP contribution in [0.5, 0.6) is 0 Å². The van der Waals surface area contributed by atoms with Gasteiger partial charge in [0.2, 0.25) is 0 Å². The van der Waals surface area contributed by atoms with Gasteiger partial charge in [0, 0.05) is 19.1 Å². The predicted molar refractivity (Wildman–Crippen MR) is 59.8 cm³/mol. The molecule has 0 saturated carbocycles. The van der Waals surface area contributed by atoms with Crippen LogP contribution in [0.25, 0.3) is 0 Å². The van der Waals surface area contributed by atoms with Crippen molar-refractivity contribution in [2.24, 2.45) is 11.1 Å². The third kappa shape index (κ3) is 6.05. The molecule has 0 rings (SSSR count). The number of hydrogen-bond acceptors (Lipinski definition) is 2. The average molecular weight is 186 g/mol. The van der Waals surface area contributed by atoms with Gasteiger partial charge in [-0.2, -0.15) is 0 Å². The third-order valence-corrected chi connectivity index (χ3v) is 2.24. The minimum Gasteiger partial charge on any atom is -0.329 e. The molecule has 0 heterocycles. The fourth-order valence-corrected chi connectivity index (χ4v) is 1.73. The lowest BCUT2D eigenvalue weighted by molar-refractivity contribution is 0.167. The molecule has 1 atom stereocenters. The molecule has 80 valence electrons. The van der Waals surface area contributed by atoms with E-state index in [-0.39, 0.29) is 0 Å². The normalized spacial score (nSPS) is 15.0. The molecular weight excluding hydrogens is 160 g/mol. The summed E-state index contributed by atoms with van der Waals surface area (Å²) < 4.78 is 0. The fourth-order valence-electron chi connectivity index (χ4n) is 1.73. The molecule has 2 nitrogen and oxygen atoms in total. The highest BCUT2D eigenvalue weighted by atomic mass is 15.1. The molecule has 0 aliphatic rings. The predicted octanol–water partition coefficient (Wildman–Crippen LogP) is 2.09. The molecule has 0 saturated heterocycles. The Bertz CT molecular complexity index is 127. The zero-order valence-corrected chi connectivity index (χ0v) is 9.93. The number of nitrogens with zero attached hydrogens (tertiary/aromatic N) is 1. The summed E-state index contributed by atoms with van der Waals surface area (Å²) in [5.74, 6) is 0. The van der Waals surface area contributed by atoms with E-state index in [9.17, 15) is 0 Å². The summed E-state index contributed by atoms with van der Waals surface area (Å²) in [6, 6.07) is 0.559. The van der Waals surface area contributed by atoms with Crippen molar-refractivity contribution < 1.29 is 0 Å². The van der Waals surface area contributed by atoms with Crippen LogP contribution in [0.2, 0.25) is 0 Å². The zero-order chi connectivity index (χ0) is 10.5.